The molecule has 2 heterocycles. The Morgan fingerprint density at radius 2 is 0.730 bits per heavy atom. The van der Waals surface area contributed by atoms with Gasteiger partial charge >= 0.3 is 0 Å². The second-order valence-electron chi connectivity index (χ2n) is 9.15. The van der Waals surface area contributed by atoms with E-state index >= 15 is 0 Å². The summed E-state index contributed by atoms with van der Waals surface area (Å²) in [5.74, 6) is 0. The molecule has 8 aromatic rings. The van der Waals surface area contributed by atoms with E-state index in [1.807, 2.05) is 36.4 Å². The summed E-state index contributed by atoms with van der Waals surface area (Å²) in [5.41, 5.74) is 8.38. The molecular formula is C32H18N4O. The molecule has 0 saturated heterocycles. The average molecular weight is 475 g/mol. The largest absolute Gasteiger partial charge is 0.243 e. The van der Waals surface area contributed by atoms with Crippen LogP contribution in [0, 0.1) is 0 Å². The highest BCUT2D eigenvalue weighted by molar-refractivity contribution is 6.26. The fourth-order valence-corrected chi connectivity index (χ4v) is 5.51. The van der Waals surface area contributed by atoms with Gasteiger partial charge in [0, 0.05) is 21.9 Å². The minimum absolute atomic E-state index is 0.677. The van der Waals surface area contributed by atoms with Crippen molar-refractivity contribution in [3.8, 4) is 22.3 Å². The Morgan fingerprint density at radius 1 is 0.351 bits per heavy atom. The molecule has 0 unspecified atom stereocenters. The first-order chi connectivity index (χ1) is 18.4. The minimum atomic E-state index is 0.677. The quantitative estimate of drug-likeness (QED) is 0.188. The van der Waals surface area contributed by atoms with Crippen LogP contribution in [0.4, 0.5) is 0 Å². The van der Waals surface area contributed by atoms with Crippen molar-refractivity contribution in [2.75, 3.05) is 0 Å². The third-order valence-corrected chi connectivity index (χ3v) is 7.11. The van der Waals surface area contributed by atoms with Crippen LogP contribution in [-0.4, -0.2) is 20.3 Å². The van der Waals surface area contributed by atoms with E-state index in [1.165, 1.54) is 0 Å². The second kappa shape index (κ2) is 7.67. The van der Waals surface area contributed by atoms with Crippen LogP contribution in [0.25, 0.3) is 76.9 Å². The van der Waals surface area contributed by atoms with Crippen molar-refractivity contribution >= 4 is 54.6 Å². The number of hydrogen-bond acceptors (Lipinski definition) is 5. The topological polar surface area (TPSA) is 64.7 Å². The van der Waals surface area contributed by atoms with Crippen molar-refractivity contribution in [2.24, 2.45) is 0 Å². The molecule has 37 heavy (non-hydrogen) atoms. The number of nitrogens with zero attached hydrogens (tertiary/aromatic N) is 4. The Balaban J connectivity index is 1.68. The van der Waals surface area contributed by atoms with Crippen LogP contribution in [0.5, 0.6) is 0 Å². The lowest BCUT2D eigenvalue weighted by molar-refractivity contribution is 0.315. The van der Waals surface area contributed by atoms with E-state index in [0.717, 1.165) is 65.9 Å². The summed E-state index contributed by atoms with van der Waals surface area (Å²) in [7, 11) is 0. The molecule has 2 aromatic heterocycles. The smallest absolute Gasteiger partial charge is 0.146 e. The molecule has 0 aliphatic rings. The summed E-state index contributed by atoms with van der Waals surface area (Å²) in [6.45, 7) is 0. The van der Waals surface area contributed by atoms with Gasteiger partial charge in [0.1, 0.15) is 22.1 Å². The lowest BCUT2D eigenvalue weighted by atomic mass is 9.94. The Bertz CT molecular complexity index is 1980. The van der Waals surface area contributed by atoms with Crippen LogP contribution < -0.4 is 0 Å². The maximum absolute atomic E-state index is 5.38. The molecule has 0 saturated carbocycles. The zero-order valence-electron chi connectivity index (χ0n) is 19.6. The van der Waals surface area contributed by atoms with Gasteiger partial charge in [0.2, 0.25) is 0 Å². The first-order valence-corrected chi connectivity index (χ1v) is 12.2. The van der Waals surface area contributed by atoms with Crippen LogP contribution in [0.15, 0.2) is 114 Å². The first-order valence-electron chi connectivity index (χ1n) is 12.2. The number of fused-ring (bicyclic) bond motifs is 8. The number of benzene rings is 6. The zero-order chi connectivity index (χ0) is 24.3. The third-order valence-electron chi connectivity index (χ3n) is 7.11. The van der Waals surface area contributed by atoms with Crippen molar-refractivity contribution in [2.45, 2.75) is 0 Å². The van der Waals surface area contributed by atoms with E-state index in [0.29, 0.717) is 11.0 Å². The third kappa shape index (κ3) is 2.85. The maximum Gasteiger partial charge on any atom is 0.146 e. The highest BCUT2D eigenvalue weighted by atomic mass is 16.6. The Morgan fingerprint density at radius 3 is 1.16 bits per heavy atom. The summed E-state index contributed by atoms with van der Waals surface area (Å²) in [5, 5.41) is 13.2. The molecule has 172 valence electrons. The SMILES string of the molecule is c1ccc(-c2c3nonc3c(-c3ccccc3)c3nc4c5ccccc5c5ccccc5c4nc23)cc1. The van der Waals surface area contributed by atoms with Crippen molar-refractivity contribution in [3.05, 3.63) is 109 Å². The van der Waals surface area contributed by atoms with Crippen LogP contribution >= 0.6 is 0 Å². The van der Waals surface area contributed by atoms with Gasteiger partial charge in [0.25, 0.3) is 0 Å². The molecule has 0 radical (unpaired) electrons. The fraction of sp³-hybridized carbons (Fsp3) is 0. The summed E-state index contributed by atoms with van der Waals surface area (Å²) >= 11 is 0. The summed E-state index contributed by atoms with van der Waals surface area (Å²) in [6.07, 6.45) is 0. The van der Waals surface area contributed by atoms with Crippen LogP contribution in [0.2, 0.25) is 0 Å². The molecule has 0 bridgehead atoms. The number of aromatic nitrogens is 4. The molecule has 5 heteroatoms. The van der Waals surface area contributed by atoms with Crippen molar-refractivity contribution in [3.63, 3.8) is 0 Å². The maximum atomic E-state index is 5.38. The Kier molecular flexibility index (Phi) is 4.16. The molecule has 6 aromatic carbocycles. The highest BCUT2D eigenvalue weighted by Crippen LogP contribution is 2.43. The van der Waals surface area contributed by atoms with Crippen LogP contribution in [0.1, 0.15) is 0 Å². The molecule has 5 nitrogen and oxygen atoms in total. The molecular weight excluding hydrogens is 456 g/mol. The molecule has 8 rings (SSSR count). The lowest BCUT2D eigenvalue weighted by Gasteiger charge is -2.15. The first kappa shape index (κ1) is 20.1. The monoisotopic (exact) mass is 474 g/mol. The lowest BCUT2D eigenvalue weighted by Crippen LogP contribution is -1.97. The molecule has 0 aliphatic carbocycles. The average Bonchev–Trinajstić information content (AvgIpc) is 3.45. The van der Waals surface area contributed by atoms with Gasteiger partial charge in [-0.25, -0.2) is 14.6 Å². The van der Waals surface area contributed by atoms with Crippen molar-refractivity contribution < 1.29 is 4.63 Å². The molecule has 0 fully saturated rings. The molecule has 0 N–H and O–H groups in total. The van der Waals surface area contributed by atoms with Crippen LogP contribution in [-0.2, 0) is 0 Å². The normalized spacial score (nSPS) is 11.8. The predicted octanol–water partition coefficient (Wildman–Crippen LogP) is 7.96. The van der Waals surface area contributed by atoms with Gasteiger partial charge in [-0.1, -0.05) is 109 Å². The van der Waals surface area contributed by atoms with Crippen molar-refractivity contribution in [1.29, 1.82) is 0 Å². The Hall–Kier alpha value is -5.16. The number of hydrogen-bond donors (Lipinski definition) is 0. The highest BCUT2D eigenvalue weighted by Gasteiger charge is 2.24. The van der Waals surface area contributed by atoms with Gasteiger partial charge in [-0.15, -0.1) is 0 Å². The summed E-state index contributed by atoms with van der Waals surface area (Å²) in [4.78, 5) is 10.8. The zero-order valence-corrected chi connectivity index (χ0v) is 19.6. The minimum Gasteiger partial charge on any atom is -0.243 e. The molecule has 0 amide bonds. The fourth-order valence-electron chi connectivity index (χ4n) is 5.51. The standard InChI is InChI=1S/C32H18N4O/c1-3-11-19(12-4-1)25-29-30(26(20-13-5-2-6-14-20)32-31(25)35-37-36-32)34-28-24-18-10-8-16-22(24)21-15-7-9-17-23(21)27(28)33-29/h1-18H. The molecule has 0 aliphatic heterocycles. The van der Waals surface area contributed by atoms with Gasteiger partial charge in [0.15, 0.2) is 0 Å². The summed E-state index contributed by atoms with van der Waals surface area (Å²) < 4.78 is 5.34. The van der Waals surface area contributed by atoms with E-state index < -0.39 is 0 Å². The van der Waals surface area contributed by atoms with E-state index in [2.05, 4.69) is 83.1 Å². The molecule has 0 atom stereocenters. The van der Waals surface area contributed by atoms with E-state index in [9.17, 15) is 0 Å². The van der Waals surface area contributed by atoms with E-state index in [4.69, 9.17) is 14.6 Å². The van der Waals surface area contributed by atoms with E-state index in [-0.39, 0.29) is 0 Å². The van der Waals surface area contributed by atoms with Gasteiger partial charge in [-0.05, 0) is 32.2 Å². The van der Waals surface area contributed by atoms with E-state index in [1.54, 1.807) is 0 Å². The second-order valence-corrected chi connectivity index (χ2v) is 9.15. The van der Waals surface area contributed by atoms with Crippen LogP contribution in [0.3, 0.4) is 0 Å². The van der Waals surface area contributed by atoms with Gasteiger partial charge in [-0.3, -0.25) is 0 Å². The van der Waals surface area contributed by atoms with Crippen molar-refractivity contribution in [1.82, 2.24) is 20.3 Å². The summed E-state index contributed by atoms with van der Waals surface area (Å²) in [6, 6.07) is 37.1. The Labute approximate surface area is 211 Å². The predicted molar refractivity (Wildman–Crippen MR) is 148 cm³/mol. The van der Waals surface area contributed by atoms with Gasteiger partial charge in [0.05, 0.1) is 11.0 Å². The van der Waals surface area contributed by atoms with Gasteiger partial charge < -0.3 is 0 Å². The number of rotatable bonds is 2. The molecule has 0 spiro atoms. The van der Waals surface area contributed by atoms with Gasteiger partial charge in [-0.2, -0.15) is 0 Å².